The maximum atomic E-state index is 5.85. The van der Waals surface area contributed by atoms with E-state index in [2.05, 4.69) is 17.4 Å². The van der Waals surface area contributed by atoms with Gasteiger partial charge >= 0.3 is 0 Å². The van der Waals surface area contributed by atoms with Gasteiger partial charge in [0.1, 0.15) is 0 Å². The highest BCUT2D eigenvalue weighted by Gasteiger charge is 1.95. The molecule has 0 spiro atoms. The van der Waals surface area contributed by atoms with E-state index in [1.807, 2.05) is 48.2 Å². The van der Waals surface area contributed by atoms with Crippen molar-refractivity contribution in [3.63, 3.8) is 0 Å². The zero-order valence-electron chi connectivity index (χ0n) is 10.4. The Hall–Kier alpha value is -0.830. The van der Waals surface area contributed by atoms with Gasteiger partial charge in [0, 0.05) is 33.8 Å². The number of rotatable bonds is 6. The van der Waals surface area contributed by atoms with Crippen LogP contribution in [0.2, 0.25) is 10.0 Å². The Labute approximate surface area is 128 Å². The van der Waals surface area contributed by atoms with Gasteiger partial charge in [-0.1, -0.05) is 35.3 Å². The van der Waals surface area contributed by atoms with Crippen molar-refractivity contribution in [3.8, 4) is 0 Å². The van der Waals surface area contributed by atoms with E-state index in [9.17, 15) is 0 Å². The molecule has 0 atom stereocenters. The van der Waals surface area contributed by atoms with Gasteiger partial charge in [-0.15, -0.1) is 0 Å². The largest absolute Gasteiger partial charge is 0.384 e. The third kappa shape index (κ3) is 5.35. The van der Waals surface area contributed by atoms with E-state index in [4.69, 9.17) is 23.2 Å². The number of anilines is 1. The average Bonchev–Trinajstić information content (AvgIpc) is 2.43. The molecule has 0 aliphatic rings. The second kappa shape index (κ2) is 7.68. The molecule has 0 unspecified atom stereocenters. The predicted molar refractivity (Wildman–Crippen MR) is 87.6 cm³/mol. The van der Waals surface area contributed by atoms with Crippen LogP contribution in [0.25, 0.3) is 0 Å². The highest BCUT2D eigenvalue weighted by Crippen LogP contribution is 2.16. The normalized spacial score (nSPS) is 10.4. The van der Waals surface area contributed by atoms with E-state index in [1.54, 1.807) is 0 Å². The Kier molecular flexibility index (Phi) is 5.90. The molecule has 0 radical (unpaired) electrons. The summed E-state index contributed by atoms with van der Waals surface area (Å²) in [7, 11) is 0. The molecule has 4 heteroatoms. The lowest BCUT2D eigenvalue weighted by molar-refractivity contribution is 1.22. The highest BCUT2D eigenvalue weighted by molar-refractivity contribution is 7.98. The Balaban J connectivity index is 1.64. The summed E-state index contributed by atoms with van der Waals surface area (Å²) in [5.41, 5.74) is 2.41. The maximum absolute atomic E-state index is 5.85. The summed E-state index contributed by atoms with van der Waals surface area (Å²) in [4.78, 5) is 0. The van der Waals surface area contributed by atoms with Crippen molar-refractivity contribution in [2.75, 3.05) is 17.6 Å². The number of benzene rings is 2. The van der Waals surface area contributed by atoms with Gasteiger partial charge < -0.3 is 5.32 Å². The summed E-state index contributed by atoms with van der Waals surface area (Å²) in [5.74, 6) is 2.07. The molecule has 100 valence electrons. The fourth-order valence-corrected chi connectivity index (χ4v) is 2.68. The lowest BCUT2D eigenvalue weighted by Crippen LogP contribution is -2.03. The molecule has 0 bridgehead atoms. The standard InChI is InChI=1S/C15H15Cl2NS/c16-13-3-1-12(2-4-13)11-19-10-9-18-15-7-5-14(17)6-8-15/h1-8,18H,9-11H2. The van der Waals surface area contributed by atoms with Gasteiger partial charge in [-0.05, 0) is 42.0 Å². The summed E-state index contributed by atoms with van der Waals surface area (Å²) in [6.45, 7) is 0.944. The van der Waals surface area contributed by atoms with E-state index >= 15 is 0 Å². The van der Waals surface area contributed by atoms with Gasteiger partial charge in [0.2, 0.25) is 0 Å². The van der Waals surface area contributed by atoms with Gasteiger partial charge in [-0.3, -0.25) is 0 Å². The van der Waals surface area contributed by atoms with Crippen LogP contribution >= 0.6 is 35.0 Å². The van der Waals surface area contributed by atoms with Gasteiger partial charge in [0.15, 0.2) is 0 Å². The van der Waals surface area contributed by atoms with E-state index in [1.165, 1.54) is 5.56 Å². The van der Waals surface area contributed by atoms with Crippen LogP contribution in [-0.4, -0.2) is 12.3 Å². The molecule has 0 saturated carbocycles. The topological polar surface area (TPSA) is 12.0 Å². The van der Waals surface area contributed by atoms with Crippen LogP contribution < -0.4 is 5.32 Å². The Bertz CT molecular complexity index is 449. The van der Waals surface area contributed by atoms with Gasteiger partial charge in [-0.2, -0.15) is 11.8 Å². The smallest absolute Gasteiger partial charge is 0.0407 e. The number of hydrogen-bond acceptors (Lipinski definition) is 2. The average molecular weight is 312 g/mol. The molecular weight excluding hydrogens is 297 g/mol. The van der Waals surface area contributed by atoms with Crippen LogP contribution in [0.3, 0.4) is 0 Å². The molecule has 0 fully saturated rings. The van der Waals surface area contributed by atoms with Crippen molar-refractivity contribution in [3.05, 3.63) is 64.1 Å². The minimum Gasteiger partial charge on any atom is -0.384 e. The second-order valence-electron chi connectivity index (χ2n) is 4.11. The number of halogens is 2. The summed E-state index contributed by atoms with van der Waals surface area (Å²) in [6, 6.07) is 15.8. The first kappa shape index (κ1) is 14.6. The van der Waals surface area contributed by atoms with Crippen molar-refractivity contribution >= 4 is 40.7 Å². The monoisotopic (exact) mass is 311 g/mol. The molecule has 19 heavy (non-hydrogen) atoms. The van der Waals surface area contributed by atoms with Gasteiger partial charge in [0.25, 0.3) is 0 Å². The predicted octanol–water partition coefficient (Wildman–Crippen LogP) is 5.34. The Morgan fingerprint density at radius 2 is 1.42 bits per heavy atom. The third-order valence-electron chi connectivity index (χ3n) is 2.60. The SMILES string of the molecule is Clc1ccc(CSCCNc2ccc(Cl)cc2)cc1. The summed E-state index contributed by atoms with van der Waals surface area (Å²) < 4.78 is 0. The van der Waals surface area contributed by atoms with E-state index < -0.39 is 0 Å². The highest BCUT2D eigenvalue weighted by atomic mass is 35.5. The van der Waals surface area contributed by atoms with Crippen molar-refractivity contribution in [2.24, 2.45) is 0 Å². The number of hydrogen-bond donors (Lipinski definition) is 1. The molecule has 2 aromatic rings. The lowest BCUT2D eigenvalue weighted by atomic mass is 10.2. The molecular formula is C15H15Cl2NS. The molecule has 0 heterocycles. The minimum atomic E-state index is 0.766. The number of nitrogens with one attached hydrogen (secondary N) is 1. The fourth-order valence-electron chi connectivity index (χ4n) is 1.61. The molecule has 0 aromatic heterocycles. The zero-order chi connectivity index (χ0) is 13.5. The van der Waals surface area contributed by atoms with Crippen molar-refractivity contribution in [1.29, 1.82) is 0 Å². The molecule has 0 aliphatic carbocycles. The minimum absolute atomic E-state index is 0.766. The quantitative estimate of drug-likeness (QED) is 0.723. The summed E-state index contributed by atoms with van der Waals surface area (Å²) in [5, 5.41) is 4.92. The van der Waals surface area contributed by atoms with E-state index in [0.717, 1.165) is 33.8 Å². The van der Waals surface area contributed by atoms with E-state index in [0.29, 0.717) is 0 Å². The lowest BCUT2D eigenvalue weighted by Gasteiger charge is -2.06. The van der Waals surface area contributed by atoms with Crippen LogP contribution in [0, 0.1) is 0 Å². The van der Waals surface area contributed by atoms with Crippen LogP contribution in [-0.2, 0) is 5.75 Å². The first-order valence-corrected chi connectivity index (χ1v) is 7.97. The summed E-state index contributed by atoms with van der Waals surface area (Å²) >= 11 is 13.6. The van der Waals surface area contributed by atoms with Crippen LogP contribution in [0.5, 0.6) is 0 Å². The summed E-state index contributed by atoms with van der Waals surface area (Å²) in [6.07, 6.45) is 0. The second-order valence-corrected chi connectivity index (χ2v) is 6.09. The molecule has 0 saturated heterocycles. The first-order chi connectivity index (χ1) is 9.24. The molecule has 1 N–H and O–H groups in total. The van der Waals surface area contributed by atoms with Crippen LogP contribution in [0.4, 0.5) is 5.69 Å². The number of thioether (sulfide) groups is 1. The molecule has 2 aromatic carbocycles. The van der Waals surface area contributed by atoms with Gasteiger partial charge in [-0.25, -0.2) is 0 Å². The molecule has 0 aliphatic heterocycles. The van der Waals surface area contributed by atoms with Gasteiger partial charge in [0.05, 0.1) is 0 Å². The van der Waals surface area contributed by atoms with Crippen LogP contribution in [0.1, 0.15) is 5.56 Å². The van der Waals surface area contributed by atoms with Crippen molar-refractivity contribution in [1.82, 2.24) is 0 Å². The molecule has 2 rings (SSSR count). The van der Waals surface area contributed by atoms with Crippen molar-refractivity contribution in [2.45, 2.75) is 5.75 Å². The first-order valence-electron chi connectivity index (χ1n) is 6.06. The van der Waals surface area contributed by atoms with Crippen LogP contribution in [0.15, 0.2) is 48.5 Å². The Morgan fingerprint density at radius 1 is 0.842 bits per heavy atom. The third-order valence-corrected chi connectivity index (χ3v) is 4.14. The van der Waals surface area contributed by atoms with E-state index in [-0.39, 0.29) is 0 Å². The molecule has 1 nitrogen and oxygen atoms in total. The van der Waals surface area contributed by atoms with Crippen molar-refractivity contribution < 1.29 is 0 Å². The molecule has 0 amide bonds. The Morgan fingerprint density at radius 3 is 2.05 bits per heavy atom. The zero-order valence-corrected chi connectivity index (χ0v) is 12.7. The maximum Gasteiger partial charge on any atom is 0.0407 e. The fraction of sp³-hybridized carbons (Fsp3) is 0.200.